The Morgan fingerprint density at radius 1 is 0.745 bits per heavy atom. The minimum atomic E-state index is 0.141. The molecule has 5 aromatic heterocycles. The molecule has 0 atom stereocenters. The number of benzene rings is 2. The van der Waals surface area contributed by atoms with Crippen LogP contribution in [0.5, 0.6) is 0 Å². The first-order valence-corrected chi connectivity index (χ1v) is 19.1. The van der Waals surface area contributed by atoms with Gasteiger partial charge in [0.15, 0.2) is 11.9 Å². The quantitative estimate of drug-likeness (QED) is 0.120. The Bertz CT molecular complexity index is 2400. The van der Waals surface area contributed by atoms with Gasteiger partial charge in [-0.15, -0.1) is 0 Å². The molecule has 0 aliphatic carbocycles. The van der Waals surface area contributed by atoms with Crippen molar-refractivity contribution in [3.63, 3.8) is 0 Å². The number of aromatic nitrogens is 6. The first kappa shape index (κ1) is 39.1. The number of H-pyrrole nitrogens is 1. The third-order valence-electron chi connectivity index (χ3n) is 9.10. The number of anilines is 1. The van der Waals surface area contributed by atoms with Gasteiger partial charge < -0.3 is 20.5 Å². The summed E-state index contributed by atoms with van der Waals surface area (Å²) in [7, 11) is 0. The molecule has 12 nitrogen and oxygen atoms in total. The standard InChI is InChI=1S/C20H18N6.C9H7N3.C6H3Cl2NO.C6H13N/c21-13-15-12-14-6-7-18(25-10-3-8-22-9-11-25)24-19(14)26-17-5-2-1-4-16(17)23-20(15)26;10-6-5-9-11-7-3-1-2-4-8(7)12-9;7-5-2-1-4(3-10)6(8)9-5;1-2-4-6-7-5-3-1/h1-2,4-7,12,22H,3,8-11H2;1-4H,5H2,(H,11,12);1-3H;7H,1-6H2. The predicted octanol–water partition coefficient (Wildman–Crippen LogP) is 7.69. The van der Waals surface area contributed by atoms with Crippen LogP contribution in [0, 0.1) is 22.7 Å². The largest absolute Gasteiger partial charge is 0.355 e. The highest BCUT2D eigenvalue weighted by atomic mass is 35.5. The number of imidazole rings is 2. The van der Waals surface area contributed by atoms with Crippen molar-refractivity contribution >= 4 is 74.1 Å². The zero-order valence-corrected chi connectivity index (χ0v) is 31.8. The maximum atomic E-state index is 10.2. The van der Waals surface area contributed by atoms with Gasteiger partial charge in [0.1, 0.15) is 33.7 Å². The van der Waals surface area contributed by atoms with E-state index in [4.69, 9.17) is 33.4 Å². The van der Waals surface area contributed by atoms with Crippen LogP contribution in [0.2, 0.25) is 10.3 Å². The lowest BCUT2D eigenvalue weighted by atomic mass is 10.2. The third kappa shape index (κ3) is 10.1. The number of hydrogen-bond acceptors (Lipinski definition) is 10. The second-order valence-electron chi connectivity index (χ2n) is 12.9. The van der Waals surface area contributed by atoms with Crippen LogP contribution in [0.3, 0.4) is 0 Å². The van der Waals surface area contributed by atoms with Gasteiger partial charge in [-0.2, -0.15) is 10.5 Å². The number of fused-ring (bicyclic) bond motifs is 6. The van der Waals surface area contributed by atoms with E-state index in [1.54, 1.807) is 0 Å². The van der Waals surface area contributed by atoms with Crippen molar-refractivity contribution in [2.24, 2.45) is 0 Å². The fourth-order valence-corrected chi connectivity index (χ4v) is 6.76. The lowest BCUT2D eigenvalue weighted by molar-refractivity contribution is 0.112. The summed E-state index contributed by atoms with van der Waals surface area (Å²) in [5.74, 6) is 1.71. The van der Waals surface area contributed by atoms with Crippen molar-refractivity contribution in [3.05, 3.63) is 106 Å². The fraction of sp³-hybridized carbons (Fsp3) is 0.293. The highest BCUT2D eigenvalue weighted by Crippen LogP contribution is 2.27. The Hall–Kier alpha value is -5.63. The Morgan fingerprint density at radius 2 is 1.49 bits per heavy atom. The molecule has 0 radical (unpaired) electrons. The summed E-state index contributed by atoms with van der Waals surface area (Å²) in [5.41, 5.74) is 6.21. The first-order valence-electron chi connectivity index (χ1n) is 18.3. The van der Waals surface area contributed by atoms with Gasteiger partial charge in [-0.05, 0) is 93.5 Å². The second-order valence-corrected chi connectivity index (χ2v) is 13.7. The van der Waals surface area contributed by atoms with Crippen LogP contribution in [0.4, 0.5) is 5.82 Å². The average molecular weight is 775 g/mol. The number of aldehydes is 1. The number of aromatic amines is 1. The monoisotopic (exact) mass is 773 g/mol. The zero-order chi connectivity index (χ0) is 38.4. The molecule has 2 aliphatic heterocycles. The van der Waals surface area contributed by atoms with Crippen LogP contribution in [0.25, 0.3) is 38.7 Å². The van der Waals surface area contributed by atoms with Gasteiger partial charge in [-0.3, -0.25) is 9.20 Å². The van der Waals surface area contributed by atoms with Crippen molar-refractivity contribution in [1.82, 2.24) is 40.0 Å². The van der Waals surface area contributed by atoms with Gasteiger partial charge in [0, 0.05) is 25.0 Å². The number of nitrogens with zero attached hydrogens (tertiary/aromatic N) is 8. The van der Waals surface area contributed by atoms with Gasteiger partial charge in [0.25, 0.3) is 0 Å². The summed E-state index contributed by atoms with van der Waals surface area (Å²) in [6.45, 7) is 6.46. The Labute approximate surface area is 329 Å². The van der Waals surface area contributed by atoms with E-state index >= 15 is 0 Å². The summed E-state index contributed by atoms with van der Waals surface area (Å²) in [4.78, 5) is 33.1. The minimum Gasteiger partial charge on any atom is -0.355 e. The molecule has 0 unspecified atom stereocenters. The van der Waals surface area contributed by atoms with Crippen molar-refractivity contribution in [3.8, 4) is 12.1 Å². The molecule has 3 N–H and O–H groups in total. The van der Waals surface area contributed by atoms with Gasteiger partial charge >= 0.3 is 0 Å². The Kier molecular flexibility index (Phi) is 13.9. The highest BCUT2D eigenvalue weighted by Gasteiger charge is 2.16. The summed E-state index contributed by atoms with van der Waals surface area (Å²) in [6.07, 6.45) is 7.73. The molecule has 0 saturated carbocycles. The molecule has 0 bridgehead atoms. The predicted molar refractivity (Wildman–Crippen MR) is 219 cm³/mol. The van der Waals surface area contributed by atoms with E-state index in [2.05, 4.69) is 59.7 Å². The molecule has 14 heteroatoms. The molecule has 2 aromatic carbocycles. The normalized spacial score (nSPS) is 14.2. The average Bonchev–Trinajstić information content (AvgIpc) is 3.50. The number of carbonyl (C=O) groups is 1. The number of halogens is 2. The zero-order valence-electron chi connectivity index (χ0n) is 30.3. The van der Waals surface area contributed by atoms with Crippen LogP contribution in [-0.2, 0) is 6.42 Å². The minimum absolute atomic E-state index is 0.141. The molecule has 55 heavy (non-hydrogen) atoms. The van der Waals surface area contributed by atoms with E-state index < -0.39 is 0 Å². The number of carbonyl (C=O) groups excluding carboxylic acids is 1. The van der Waals surface area contributed by atoms with E-state index in [-0.39, 0.29) is 10.3 Å². The number of nitriles is 2. The summed E-state index contributed by atoms with van der Waals surface area (Å²) < 4.78 is 2.02. The number of rotatable bonds is 3. The smallest absolute Gasteiger partial charge is 0.157 e. The molecular weight excluding hydrogens is 733 g/mol. The topological polar surface area (TPSA) is 164 Å². The number of hydrogen-bond donors (Lipinski definition) is 3. The molecule has 2 fully saturated rings. The first-order chi connectivity index (χ1) is 27.0. The lowest BCUT2D eigenvalue weighted by Gasteiger charge is -2.21. The van der Waals surface area contributed by atoms with Gasteiger partial charge in [0.2, 0.25) is 0 Å². The van der Waals surface area contributed by atoms with E-state index in [0.29, 0.717) is 29.5 Å². The van der Waals surface area contributed by atoms with Gasteiger partial charge in [-0.25, -0.2) is 19.9 Å². The highest BCUT2D eigenvalue weighted by molar-refractivity contribution is 6.33. The molecule has 2 aliphatic rings. The van der Waals surface area contributed by atoms with E-state index in [0.717, 1.165) is 77.3 Å². The number of nitrogens with one attached hydrogen (secondary N) is 3. The lowest BCUT2D eigenvalue weighted by Crippen LogP contribution is -2.28. The molecule has 280 valence electrons. The maximum Gasteiger partial charge on any atom is 0.157 e. The van der Waals surface area contributed by atoms with Crippen molar-refractivity contribution in [1.29, 1.82) is 10.5 Å². The Balaban J connectivity index is 0.000000146. The van der Waals surface area contributed by atoms with Crippen LogP contribution < -0.4 is 15.5 Å². The van der Waals surface area contributed by atoms with Crippen LogP contribution in [-0.4, -0.2) is 74.9 Å². The van der Waals surface area contributed by atoms with Crippen molar-refractivity contribution in [2.75, 3.05) is 44.2 Å². The van der Waals surface area contributed by atoms with Crippen LogP contribution in [0.1, 0.15) is 53.8 Å². The van der Waals surface area contributed by atoms with Crippen LogP contribution in [0.15, 0.2) is 78.9 Å². The summed E-state index contributed by atoms with van der Waals surface area (Å²) in [5, 5.41) is 26.2. The molecule has 7 heterocycles. The van der Waals surface area contributed by atoms with Crippen molar-refractivity contribution < 1.29 is 4.79 Å². The summed E-state index contributed by atoms with van der Waals surface area (Å²) in [6, 6.07) is 29.1. The SMILES string of the molecule is C1CCCNCC1.N#CCc1nc2ccccc2[nH]1.N#Cc1cc2ccc(N3CCCNCC3)nc2n2c1nc1ccccc12.O=Cc1ccc(Cl)nc1Cl. The van der Waals surface area contributed by atoms with Gasteiger partial charge in [0.05, 0.1) is 45.7 Å². The maximum absolute atomic E-state index is 10.2. The molecule has 7 aromatic rings. The fourth-order valence-electron chi connectivity index (χ4n) is 6.37. The third-order valence-corrected chi connectivity index (χ3v) is 9.61. The van der Waals surface area contributed by atoms with Crippen LogP contribution >= 0.6 is 23.2 Å². The molecule has 9 rings (SSSR count). The van der Waals surface area contributed by atoms with E-state index in [1.165, 1.54) is 50.9 Å². The van der Waals surface area contributed by atoms with Crippen molar-refractivity contribution in [2.45, 2.75) is 38.5 Å². The Morgan fingerprint density at radius 3 is 2.24 bits per heavy atom. The number of para-hydroxylation sites is 4. The molecule has 0 spiro atoms. The molecule has 0 amide bonds. The summed E-state index contributed by atoms with van der Waals surface area (Å²) >= 11 is 11.0. The van der Waals surface area contributed by atoms with E-state index in [9.17, 15) is 10.1 Å². The molecular formula is C41H41Cl2N11O. The van der Waals surface area contributed by atoms with E-state index in [1.807, 2.05) is 59.0 Å². The number of pyridine rings is 3. The molecule has 2 saturated heterocycles. The second kappa shape index (κ2) is 19.6. The van der Waals surface area contributed by atoms with Gasteiger partial charge in [-0.1, -0.05) is 60.3 Å².